The SMILES string of the molecule is C=CC(=O)OC.O=C(O)c1ccccc1C(=O)O. The molecule has 18 heavy (non-hydrogen) atoms. The predicted molar refractivity (Wildman–Crippen MR) is 62.6 cm³/mol. The molecule has 2 N–H and O–H groups in total. The van der Waals surface area contributed by atoms with Crippen molar-refractivity contribution in [3.8, 4) is 0 Å². The van der Waals surface area contributed by atoms with Gasteiger partial charge in [0.1, 0.15) is 0 Å². The largest absolute Gasteiger partial charge is 0.478 e. The first kappa shape index (κ1) is 15.4. The zero-order valence-corrected chi connectivity index (χ0v) is 9.62. The fourth-order valence-electron chi connectivity index (χ4n) is 0.939. The molecule has 0 fully saturated rings. The van der Waals surface area contributed by atoms with Crippen LogP contribution in [0, 0.1) is 0 Å². The highest BCUT2D eigenvalue weighted by atomic mass is 16.5. The molecule has 1 aromatic carbocycles. The molecule has 0 aliphatic rings. The Labute approximate surface area is 103 Å². The van der Waals surface area contributed by atoms with E-state index in [1.165, 1.54) is 31.4 Å². The molecule has 0 aliphatic heterocycles. The number of hydrogen-bond donors (Lipinski definition) is 2. The average Bonchev–Trinajstić information content (AvgIpc) is 2.38. The van der Waals surface area contributed by atoms with Crippen LogP contribution in [0.4, 0.5) is 0 Å². The average molecular weight is 252 g/mol. The first-order chi connectivity index (χ1) is 8.43. The van der Waals surface area contributed by atoms with E-state index in [1.54, 1.807) is 0 Å². The molecule has 0 saturated heterocycles. The lowest BCUT2D eigenvalue weighted by Crippen LogP contribution is -2.06. The Bertz CT molecular complexity index is 430. The van der Waals surface area contributed by atoms with Gasteiger partial charge in [-0.1, -0.05) is 18.7 Å². The molecular weight excluding hydrogens is 240 g/mol. The van der Waals surface area contributed by atoms with Crippen LogP contribution < -0.4 is 0 Å². The van der Waals surface area contributed by atoms with E-state index in [0.717, 1.165) is 6.08 Å². The molecule has 0 spiro atoms. The third kappa shape index (κ3) is 4.93. The van der Waals surface area contributed by atoms with Gasteiger partial charge in [-0.3, -0.25) is 0 Å². The summed E-state index contributed by atoms with van der Waals surface area (Å²) < 4.78 is 4.14. The zero-order chi connectivity index (χ0) is 14.1. The van der Waals surface area contributed by atoms with Crippen LogP contribution in [0.5, 0.6) is 0 Å². The van der Waals surface area contributed by atoms with Crippen LogP contribution in [0.15, 0.2) is 36.9 Å². The smallest absolute Gasteiger partial charge is 0.336 e. The summed E-state index contributed by atoms with van der Waals surface area (Å²) in [6.45, 7) is 3.16. The fraction of sp³-hybridized carbons (Fsp3) is 0.0833. The van der Waals surface area contributed by atoms with E-state index in [1.807, 2.05) is 0 Å². The van der Waals surface area contributed by atoms with Crippen molar-refractivity contribution in [2.45, 2.75) is 0 Å². The number of rotatable bonds is 3. The summed E-state index contributed by atoms with van der Waals surface area (Å²) in [6.07, 6.45) is 1.11. The molecule has 1 aromatic rings. The van der Waals surface area contributed by atoms with Crippen molar-refractivity contribution in [2.75, 3.05) is 7.11 Å². The van der Waals surface area contributed by atoms with Gasteiger partial charge in [0, 0.05) is 6.08 Å². The number of aromatic carboxylic acids is 2. The van der Waals surface area contributed by atoms with E-state index < -0.39 is 17.9 Å². The number of benzene rings is 1. The van der Waals surface area contributed by atoms with Crippen molar-refractivity contribution in [2.24, 2.45) is 0 Å². The lowest BCUT2D eigenvalue weighted by atomic mass is 10.1. The van der Waals surface area contributed by atoms with Gasteiger partial charge in [0.05, 0.1) is 18.2 Å². The van der Waals surface area contributed by atoms with Crippen LogP contribution in [-0.2, 0) is 9.53 Å². The molecule has 6 heteroatoms. The summed E-state index contributed by atoms with van der Waals surface area (Å²) in [5.74, 6) is -2.85. The molecule has 0 saturated carbocycles. The molecule has 1 rings (SSSR count). The minimum absolute atomic E-state index is 0.190. The minimum atomic E-state index is -1.23. The lowest BCUT2D eigenvalue weighted by Gasteiger charge is -1.98. The molecule has 96 valence electrons. The summed E-state index contributed by atoms with van der Waals surface area (Å²) in [4.78, 5) is 30.8. The molecule has 0 atom stereocenters. The highest BCUT2D eigenvalue weighted by Crippen LogP contribution is 2.07. The van der Waals surface area contributed by atoms with Gasteiger partial charge >= 0.3 is 17.9 Å². The van der Waals surface area contributed by atoms with Crippen LogP contribution in [0.25, 0.3) is 0 Å². The highest BCUT2D eigenvalue weighted by Gasteiger charge is 2.13. The van der Waals surface area contributed by atoms with Crippen molar-refractivity contribution < 1.29 is 29.3 Å². The van der Waals surface area contributed by atoms with Gasteiger partial charge < -0.3 is 14.9 Å². The second-order valence-electron chi connectivity index (χ2n) is 2.88. The van der Waals surface area contributed by atoms with Gasteiger partial charge in [-0.2, -0.15) is 0 Å². The molecule has 0 radical (unpaired) electrons. The quantitative estimate of drug-likeness (QED) is 0.623. The van der Waals surface area contributed by atoms with E-state index in [4.69, 9.17) is 10.2 Å². The van der Waals surface area contributed by atoms with Crippen molar-refractivity contribution in [1.82, 2.24) is 0 Å². The summed E-state index contributed by atoms with van der Waals surface area (Å²) in [5, 5.41) is 17.1. The number of methoxy groups -OCH3 is 1. The normalized spacial score (nSPS) is 8.50. The van der Waals surface area contributed by atoms with Crippen LogP contribution in [0.2, 0.25) is 0 Å². The van der Waals surface area contributed by atoms with Crippen molar-refractivity contribution in [1.29, 1.82) is 0 Å². The fourth-order valence-corrected chi connectivity index (χ4v) is 0.939. The highest BCUT2D eigenvalue weighted by molar-refractivity contribution is 6.01. The Morgan fingerprint density at radius 3 is 1.67 bits per heavy atom. The molecule has 0 bridgehead atoms. The molecule has 0 aliphatic carbocycles. The number of esters is 1. The Morgan fingerprint density at radius 2 is 1.50 bits per heavy atom. The topological polar surface area (TPSA) is 101 Å². The molecule has 0 unspecified atom stereocenters. The van der Waals surface area contributed by atoms with Crippen LogP contribution in [0.1, 0.15) is 20.7 Å². The van der Waals surface area contributed by atoms with E-state index in [0.29, 0.717) is 0 Å². The standard InChI is InChI=1S/C8H6O4.C4H6O2/c9-7(10)5-3-1-2-4-6(5)8(11)12;1-3-4(5)6-2/h1-4H,(H,9,10)(H,11,12);3H,1H2,2H3. The molecule has 6 nitrogen and oxygen atoms in total. The zero-order valence-electron chi connectivity index (χ0n) is 9.62. The predicted octanol–water partition coefficient (Wildman–Crippen LogP) is 1.43. The van der Waals surface area contributed by atoms with E-state index in [2.05, 4.69) is 11.3 Å². The van der Waals surface area contributed by atoms with Crippen LogP contribution in [0.3, 0.4) is 0 Å². The maximum atomic E-state index is 10.5. The maximum absolute atomic E-state index is 10.5. The Balaban J connectivity index is 0.000000411. The third-order valence-corrected chi connectivity index (χ3v) is 1.76. The van der Waals surface area contributed by atoms with E-state index in [9.17, 15) is 14.4 Å². The number of ether oxygens (including phenoxy) is 1. The van der Waals surface area contributed by atoms with Crippen LogP contribution >= 0.6 is 0 Å². The van der Waals surface area contributed by atoms with E-state index >= 15 is 0 Å². The number of carbonyl (C=O) groups excluding carboxylic acids is 1. The van der Waals surface area contributed by atoms with Crippen molar-refractivity contribution >= 4 is 17.9 Å². The number of carboxylic acids is 2. The van der Waals surface area contributed by atoms with Gasteiger partial charge in [-0.15, -0.1) is 0 Å². The minimum Gasteiger partial charge on any atom is -0.478 e. The lowest BCUT2D eigenvalue weighted by molar-refractivity contribution is -0.134. The Morgan fingerprint density at radius 1 is 1.11 bits per heavy atom. The van der Waals surface area contributed by atoms with Gasteiger partial charge in [-0.05, 0) is 12.1 Å². The van der Waals surface area contributed by atoms with Gasteiger partial charge in [0.2, 0.25) is 0 Å². The van der Waals surface area contributed by atoms with Gasteiger partial charge in [0.25, 0.3) is 0 Å². The third-order valence-electron chi connectivity index (χ3n) is 1.76. The van der Waals surface area contributed by atoms with Gasteiger partial charge in [-0.25, -0.2) is 14.4 Å². The monoisotopic (exact) mass is 252 g/mol. The molecule has 0 aromatic heterocycles. The van der Waals surface area contributed by atoms with Crippen LogP contribution in [-0.4, -0.2) is 35.2 Å². The maximum Gasteiger partial charge on any atom is 0.336 e. The summed E-state index contributed by atoms with van der Waals surface area (Å²) in [6, 6.07) is 5.48. The first-order valence-corrected chi connectivity index (χ1v) is 4.70. The number of carboxylic acid groups (broad SMARTS) is 2. The van der Waals surface area contributed by atoms with E-state index in [-0.39, 0.29) is 11.1 Å². The molecular formula is C12H12O6. The molecule has 0 amide bonds. The number of hydrogen-bond acceptors (Lipinski definition) is 4. The van der Waals surface area contributed by atoms with Crippen molar-refractivity contribution in [3.05, 3.63) is 48.0 Å². The van der Waals surface area contributed by atoms with Crippen molar-refractivity contribution in [3.63, 3.8) is 0 Å². The summed E-state index contributed by atoms with van der Waals surface area (Å²) in [5.41, 5.74) is -0.380. The Kier molecular flexibility index (Phi) is 6.50. The molecule has 0 heterocycles. The second kappa shape index (κ2) is 7.61. The van der Waals surface area contributed by atoms with Gasteiger partial charge in [0.15, 0.2) is 0 Å². The summed E-state index contributed by atoms with van der Waals surface area (Å²) >= 11 is 0. The summed E-state index contributed by atoms with van der Waals surface area (Å²) in [7, 11) is 1.31. The number of carbonyl (C=O) groups is 3. The second-order valence-corrected chi connectivity index (χ2v) is 2.88. The first-order valence-electron chi connectivity index (χ1n) is 4.70. The Hall–Kier alpha value is -2.63.